The van der Waals surface area contributed by atoms with Crippen LogP contribution < -0.4 is 15.8 Å². The van der Waals surface area contributed by atoms with Crippen molar-refractivity contribution < 1.29 is 14.6 Å². The van der Waals surface area contributed by atoms with Crippen molar-refractivity contribution in [2.75, 3.05) is 11.9 Å². The van der Waals surface area contributed by atoms with Gasteiger partial charge in [-0.25, -0.2) is 4.79 Å². The van der Waals surface area contributed by atoms with Gasteiger partial charge in [0.15, 0.2) is 0 Å². The van der Waals surface area contributed by atoms with Crippen molar-refractivity contribution in [1.82, 2.24) is 0 Å². The lowest BCUT2D eigenvalue weighted by Crippen LogP contribution is -2.12. The number of nitrogens with one attached hydrogen (secondary N) is 2. The second-order valence-electron chi connectivity index (χ2n) is 7.37. The van der Waals surface area contributed by atoms with E-state index in [-0.39, 0.29) is 17.3 Å². The molecule has 4 rings (SSSR count). The second-order valence-corrected chi connectivity index (χ2v) is 7.37. The van der Waals surface area contributed by atoms with E-state index < -0.39 is 5.97 Å². The summed E-state index contributed by atoms with van der Waals surface area (Å²) in [6.45, 7) is 1.03. The van der Waals surface area contributed by atoms with Crippen molar-refractivity contribution >= 4 is 17.5 Å². The summed E-state index contributed by atoms with van der Waals surface area (Å²) < 4.78 is 6.02. The molecule has 1 aliphatic heterocycles. The standard InChI is InChI=1S/C24H23N3O3/c25-23(26)17-9-10-21-20(12-17)18(13-27-21)11-16-7-4-8-19(24(28)29)22(16)30-14-15-5-2-1-3-6-15/h1-10,12,18,27H,11,13-14H2,(H3,25,26)(H,28,29). The van der Waals surface area contributed by atoms with E-state index in [0.29, 0.717) is 24.3 Å². The van der Waals surface area contributed by atoms with Gasteiger partial charge in [-0.3, -0.25) is 5.41 Å². The zero-order valence-electron chi connectivity index (χ0n) is 16.4. The molecule has 0 radical (unpaired) electrons. The molecule has 6 nitrogen and oxygen atoms in total. The minimum absolute atomic E-state index is 0.0307. The first-order chi connectivity index (χ1) is 14.5. The molecular formula is C24H23N3O3. The molecule has 0 saturated heterocycles. The van der Waals surface area contributed by atoms with Gasteiger partial charge in [0, 0.05) is 23.7 Å². The number of rotatable bonds is 7. The molecule has 1 unspecified atom stereocenters. The summed E-state index contributed by atoms with van der Waals surface area (Å²) in [6, 6.07) is 20.6. The van der Waals surface area contributed by atoms with Crippen molar-refractivity contribution in [1.29, 1.82) is 5.41 Å². The molecule has 0 spiro atoms. The lowest BCUT2D eigenvalue weighted by Gasteiger charge is -2.17. The van der Waals surface area contributed by atoms with Crippen LogP contribution in [0.1, 0.15) is 38.5 Å². The third-order valence-electron chi connectivity index (χ3n) is 5.36. The van der Waals surface area contributed by atoms with E-state index in [1.54, 1.807) is 12.1 Å². The van der Waals surface area contributed by atoms with Gasteiger partial charge in [-0.15, -0.1) is 0 Å². The summed E-state index contributed by atoms with van der Waals surface area (Å²) in [5, 5.41) is 20.8. The molecule has 0 aliphatic carbocycles. The zero-order valence-corrected chi connectivity index (χ0v) is 16.4. The van der Waals surface area contributed by atoms with Gasteiger partial charge < -0.3 is 20.9 Å². The van der Waals surface area contributed by atoms with Crippen LogP contribution in [0.4, 0.5) is 5.69 Å². The number of carbonyl (C=O) groups is 1. The van der Waals surface area contributed by atoms with Crippen LogP contribution in [0.15, 0.2) is 66.7 Å². The Bertz CT molecular complexity index is 1100. The predicted octanol–water partition coefficient (Wildman–Crippen LogP) is 4.00. The van der Waals surface area contributed by atoms with Gasteiger partial charge in [0.25, 0.3) is 0 Å². The maximum Gasteiger partial charge on any atom is 0.339 e. The highest BCUT2D eigenvalue weighted by Crippen LogP contribution is 2.37. The van der Waals surface area contributed by atoms with E-state index in [4.69, 9.17) is 15.9 Å². The molecule has 3 aromatic carbocycles. The fourth-order valence-corrected chi connectivity index (χ4v) is 3.83. The number of amidine groups is 1. The first kappa shape index (κ1) is 19.5. The topological polar surface area (TPSA) is 108 Å². The Hall–Kier alpha value is -3.80. The Kier molecular flexibility index (Phi) is 5.39. The number of carboxylic acids is 1. The van der Waals surface area contributed by atoms with Crippen molar-refractivity contribution in [3.05, 3.63) is 94.5 Å². The number of nitrogen functional groups attached to an aromatic ring is 1. The fraction of sp³-hybridized carbons (Fsp3) is 0.167. The van der Waals surface area contributed by atoms with E-state index in [2.05, 4.69) is 5.32 Å². The first-order valence-corrected chi connectivity index (χ1v) is 9.77. The highest BCUT2D eigenvalue weighted by molar-refractivity contribution is 5.95. The van der Waals surface area contributed by atoms with Crippen molar-refractivity contribution in [3.63, 3.8) is 0 Å². The molecule has 1 heterocycles. The van der Waals surface area contributed by atoms with E-state index in [0.717, 1.165) is 28.9 Å². The number of ether oxygens (including phenoxy) is 1. The molecule has 6 heteroatoms. The van der Waals surface area contributed by atoms with Gasteiger partial charge >= 0.3 is 5.97 Å². The monoisotopic (exact) mass is 401 g/mol. The summed E-state index contributed by atoms with van der Waals surface area (Å²) in [5.41, 5.74) is 10.4. The molecule has 152 valence electrons. The SMILES string of the molecule is N=C(N)c1ccc2c(c1)C(Cc1cccc(C(=O)O)c1OCc1ccccc1)CN2. The minimum atomic E-state index is -1.01. The quantitative estimate of drug-likeness (QED) is 0.353. The van der Waals surface area contributed by atoms with Gasteiger partial charge in [-0.2, -0.15) is 0 Å². The van der Waals surface area contributed by atoms with Gasteiger partial charge in [0.2, 0.25) is 0 Å². The smallest absolute Gasteiger partial charge is 0.339 e. The molecule has 30 heavy (non-hydrogen) atoms. The van der Waals surface area contributed by atoms with Gasteiger partial charge in [0.1, 0.15) is 23.8 Å². The molecule has 0 amide bonds. The largest absolute Gasteiger partial charge is 0.488 e. The highest BCUT2D eigenvalue weighted by atomic mass is 16.5. The number of fused-ring (bicyclic) bond motifs is 1. The molecule has 3 aromatic rings. The summed E-state index contributed by atoms with van der Waals surface area (Å²) in [7, 11) is 0. The van der Waals surface area contributed by atoms with Crippen LogP contribution in [0, 0.1) is 5.41 Å². The number of hydrogen-bond acceptors (Lipinski definition) is 4. The average molecular weight is 401 g/mol. The molecule has 0 bridgehead atoms. The number of aromatic carboxylic acids is 1. The summed E-state index contributed by atoms with van der Waals surface area (Å²) in [6.07, 6.45) is 0.618. The molecule has 0 saturated carbocycles. The number of carboxylic acid groups (broad SMARTS) is 1. The molecule has 0 fully saturated rings. The average Bonchev–Trinajstić information content (AvgIpc) is 3.15. The van der Waals surface area contributed by atoms with Gasteiger partial charge in [-0.05, 0) is 47.4 Å². The van der Waals surface area contributed by atoms with Crippen molar-refractivity contribution in [2.45, 2.75) is 18.9 Å². The number of nitrogens with two attached hydrogens (primary N) is 1. The normalized spacial score (nSPS) is 14.6. The Labute approximate surface area is 174 Å². The van der Waals surface area contributed by atoms with Crippen LogP contribution in [0.5, 0.6) is 5.75 Å². The number of hydrogen-bond donors (Lipinski definition) is 4. The lowest BCUT2D eigenvalue weighted by atomic mass is 9.91. The van der Waals surface area contributed by atoms with Crippen LogP contribution in [-0.4, -0.2) is 23.5 Å². The van der Waals surface area contributed by atoms with E-state index in [9.17, 15) is 9.90 Å². The predicted molar refractivity (Wildman–Crippen MR) is 117 cm³/mol. The molecule has 0 aromatic heterocycles. The second kappa shape index (κ2) is 8.29. The fourth-order valence-electron chi connectivity index (χ4n) is 3.83. The number of para-hydroxylation sites is 1. The zero-order chi connectivity index (χ0) is 21.1. The molecular weight excluding hydrogens is 378 g/mol. The maximum absolute atomic E-state index is 11.8. The van der Waals surface area contributed by atoms with Gasteiger partial charge in [-0.1, -0.05) is 42.5 Å². The third kappa shape index (κ3) is 3.98. The Morgan fingerprint density at radius 2 is 1.93 bits per heavy atom. The van der Waals surface area contributed by atoms with Crippen molar-refractivity contribution in [2.24, 2.45) is 5.73 Å². The lowest BCUT2D eigenvalue weighted by molar-refractivity contribution is 0.0691. The first-order valence-electron chi connectivity index (χ1n) is 9.77. The van der Waals surface area contributed by atoms with E-state index in [1.165, 1.54) is 0 Å². The Morgan fingerprint density at radius 1 is 1.13 bits per heavy atom. The number of benzene rings is 3. The minimum Gasteiger partial charge on any atom is -0.488 e. The summed E-state index contributed by atoms with van der Waals surface area (Å²) >= 11 is 0. The van der Waals surface area contributed by atoms with Crippen LogP contribution >= 0.6 is 0 Å². The van der Waals surface area contributed by atoms with E-state index >= 15 is 0 Å². The molecule has 1 atom stereocenters. The van der Waals surface area contributed by atoms with Gasteiger partial charge in [0.05, 0.1) is 0 Å². The van der Waals surface area contributed by atoms with Crippen LogP contribution in [0.3, 0.4) is 0 Å². The van der Waals surface area contributed by atoms with Crippen LogP contribution in [0.25, 0.3) is 0 Å². The molecule has 1 aliphatic rings. The highest BCUT2D eigenvalue weighted by Gasteiger charge is 2.26. The Balaban J connectivity index is 1.64. The summed E-state index contributed by atoms with van der Waals surface area (Å²) in [5.74, 6) is -0.445. The van der Waals surface area contributed by atoms with Crippen molar-refractivity contribution in [3.8, 4) is 5.75 Å². The summed E-state index contributed by atoms with van der Waals surface area (Å²) in [4.78, 5) is 11.8. The Morgan fingerprint density at radius 3 is 2.67 bits per heavy atom. The maximum atomic E-state index is 11.8. The van der Waals surface area contributed by atoms with Crippen LogP contribution in [0.2, 0.25) is 0 Å². The van der Waals surface area contributed by atoms with E-state index in [1.807, 2.05) is 54.6 Å². The van der Waals surface area contributed by atoms with Crippen LogP contribution in [-0.2, 0) is 13.0 Å². The third-order valence-corrected chi connectivity index (χ3v) is 5.36. The number of anilines is 1. The molecule has 5 N–H and O–H groups in total.